The van der Waals surface area contributed by atoms with Gasteiger partial charge >= 0.3 is 5.97 Å². The molecule has 2 unspecified atom stereocenters. The van der Waals surface area contributed by atoms with Crippen LogP contribution in [0.3, 0.4) is 0 Å². The molecule has 1 aliphatic carbocycles. The fourth-order valence-corrected chi connectivity index (χ4v) is 3.23. The maximum absolute atomic E-state index is 11.4. The van der Waals surface area contributed by atoms with Crippen LogP contribution in [0.5, 0.6) is 0 Å². The van der Waals surface area contributed by atoms with Gasteiger partial charge in [0.25, 0.3) is 0 Å². The zero-order valence-electron chi connectivity index (χ0n) is 10.2. The van der Waals surface area contributed by atoms with Gasteiger partial charge in [-0.1, -0.05) is 0 Å². The Kier molecular flexibility index (Phi) is 3.22. The molecule has 2 rings (SSSR count). The molecular weight excluding hydrogens is 204 g/mol. The van der Waals surface area contributed by atoms with Crippen LogP contribution in [0.4, 0.5) is 0 Å². The Bertz CT molecular complexity index is 276. The van der Waals surface area contributed by atoms with Crippen molar-refractivity contribution in [1.29, 1.82) is 0 Å². The van der Waals surface area contributed by atoms with Gasteiger partial charge in [-0.05, 0) is 52.2 Å². The number of piperidine rings is 1. The van der Waals surface area contributed by atoms with E-state index in [4.69, 9.17) is 0 Å². The number of rotatable bonds is 4. The Hall–Kier alpha value is -0.610. The number of aliphatic carboxylic acids is 1. The summed E-state index contributed by atoms with van der Waals surface area (Å²) < 4.78 is 0. The molecule has 1 saturated carbocycles. The van der Waals surface area contributed by atoms with E-state index in [0.717, 1.165) is 32.4 Å². The first-order valence-corrected chi connectivity index (χ1v) is 6.19. The van der Waals surface area contributed by atoms with Gasteiger partial charge in [0.15, 0.2) is 0 Å². The zero-order chi connectivity index (χ0) is 11.8. The van der Waals surface area contributed by atoms with Gasteiger partial charge in [-0.15, -0.1) is 0 Å². The van der Waals surface area contributed by atoms with Crippen LogP contribution in [0, 0.1) is 11.3 Å². The molecular formula is C12H22N2O2. The first kappa shape index (κ1) is 11.9. The molecule has 0 bridgehead atoms. The average molecular weight is 226 g/mol. The molecule has 4 heteroatoms. The van der Waals surface area contributed by atoms with Crippen molar-refractivity contribution in [2.24, 2.45) is 11.3 Å². The fraction of sp³-hybridized carbons (Fsp3) is 0.917. The smallest absolute Gasteiger partial charge is 0.311 e. The molecule has 2 N–H and O–H groups in total. The second-order valence-electron chi connectivity index (χ2n) is 5.39. The summed E-state index contributed by atoms with van der Waals surface area (Å²) in [7, 11) is 4.03. The molecule has 2 fully saturated rings. The molecule has 2 aliphatic rings. The van der Waals surface area contributed by atoms with Gasteiger partial charge in [-0.25, -0.2) is 0 Å². The van der Waals surface area contributed by atoms with Crippen molar-refractivity contribution >= 4 is 5.97 Å². The number of carboxylic acid groups (broad SMARTS) is 1. The molecule has 16 heavy (non-hydrogen) atoms. The lowest BCUT2D eigenvalue weighted by atomic mass is 9.81. The number of hydrogen-bond acceptors (Lipinski definition) is 3. The van der Waals surface area contributed by atoms with E-state index in [1.54, 1.807) is 0 Å². The van der Waals surface area contributed by atoms with E-state index < -0.39 is 11.4 Å². The number of hydrogen-bond donors (Lipinski definition) is 2. The SMILES string of the molecule is CNC(C1CCCN(C)C1)C1(C(=O)O)CC1. The van der Waals surface area contributed by atoms with Crippen molar-refractivity contribution in [1.82, 2.24) is 10.2 Å². The van der Waals surface area contributed by atoms with E-state index in [2.05, 4.69) is 17.3 Å². The summed E-state index contributed by atoms with van der Waals surface area (Å²) in [5, 5.41) is 12.6. The highest BCUT2D eigenvalue weighted by Gasteiger charge is 2.57. The number of nitrogens with one attached hydrogen (secondary N) is 1. The first-order valence-electron chi connectivity index (χ1n) is 6.19. The quantitative estimate of drug-likeness (QED) is 0.744. The van der Waals surface area contributed by atoms with E-state index in [-0.39, 0.29) is 6.04 Å². The van der Waals surface area contributed by atoms with Crippen LogP contribution >= 0.6 is 0 Å². The number of nitrogens with zero attached hydrogens (tertiary/aromatic N) is 1. The summed E-state index contributed by atoms with van der Waals surface area (Å²) in [6.45, 7) is 2.17. The Morgan fingerprint density at radius 1 is 1.56 bits per heavy atom. The van der Waals surface area contributed by atoms with E-state index in [9.17, 15) is 9.90 Å². The van der Waals surface area contributed by atoms with Crippen molar-refractivity contribution < 1.29 is 9.90 Å². The van der Waals surface area contributed by atoms with E-state index >= 15 is 0 Å². The van der Waals surface area contributed by atoms with Crippen molar-refractivity contribution in [2.45, 2.75) is 31.7 Å². The van der Waals surface area contributed by atoms with E-state index in [0.29, 0.717) is 5.92 Å². The summed E-state index contributed by atoms with van der Waals surface area (Å²) in [6, 6.07) is 0.146. The van der Waals surface area contributed by atoms with Gasteiger partial charge in [0.1, 0.15) is 0 Å². The standard InChI is InChI=1S/C12H22N2O2/c1-13-10(12(5-6-12)11(15)16)9-4-3-7-14(2)8-9/h9-10,13H,3-8H2,1-2H3,(H,15,16). The minimum absolute atomic E-state index is 0.146. The largest absolute Gasteiger partial charge is 0.481 e. The second-order valence-corrected chi connectivity index (χ2v) is 5.39. The summed E-state index contributed by atoms with van der Waals surface area (Å²) in [5.74, 6) is -0.123. The van der Waals surface area contributed by atoms with Crippen LogP contribution in [0.2, 0.25) is 0 Å². The normalized spacial score (nSPS) is 31.0. The van der Waals surface area contributed by atoms with Crippen molar-refractivity contribution in [3.8, 4) is 0 Å². The lowest BCUT2D eigenvalue weighted by molar-refractivity contribution is -0.145. The molecule has 0 aromatic carbocycles. The van der Waals surface area contributed by atoms with Gasteiger partial charge < -0.3 is 15.3 Å². The second kappa shape index (κ2) is 4.34. The third-order valence-corrected chi connectivity index (χ3v) is 4.25. The van der Waals surface area contributed by atoms with E-state index in [1.165, 1.54) is 6.42 Å². The van der Waals surface area contributed by atoms with Crippen LogP contribution in [0.15, 0.2) is 0 Å². The Labute approximate surface area is 97.0 Å². The number of likely N-dealkylation sites (tertiary alicyclic amines) is 1. The van der Waals surface area contributed by atoms with Crippen molar-refractivity contribution in [2.75, 3.05) is 27.2 Å². The van der Waals surface area contributed by atoms with Crippen LogP contribution in [0.25, 0.3) is 0 Å². The molecule has 1 heterocycles. The summed E-state index contributed by atoms with van der Waals surface area (Å²) in [6.07, 6.45) is 4.03. The predicted molar refractivity (Wildman–Crippen MR) is 62.4 cm³/mol. The third kappa shape index (κ3) is 1.96. The topological polar surface area (TPSA) is 52.6 Å². The summed E-state index contributed by atoms with van der Waals surface area (Å²) >= 11 is 0. The average Bonchev–Trinajstić information content (AvgIpc) is 3.00. The third-order valence-electron chi connectivity index (χ3n) is 4.25. The molecule has 4 nitrogen and oxygen atoms in total. The highest BCUT2D eigenvalue weighted by molar-refractivity contribution is 5.79. The minimum Gasteiger partial charge on any atom is -0.481 e. The molecule has 1 aliphatic heterocycles. The molecule has 0 amide bonds. The van der Waals surface area contributed by atoms with Gasteiger partial charge in [0.2, 0.25) is 0 Å². The van der Waals surface area contributed by atoms with Gasteiger partial charge in [0, 0.05) is 12.6 Å². The maximum Gasteiger partial charge on any atom is 0.311 e. The lowest BCUT2D eigenvalue weighted by Gasteiger charge is -2.37. The van der Waals surface area contributed by atoms with Gasteiger partial charge in [-0.3, -0.25) is 4.79 Å². The Balaban J connectivity index is 2.07. The predicted octanol–water partition coefficient (Wildman–Crippen LogP) is 0.781. The van der Waals surface area contributed by atoms with Gasteiger partial charge in [0.05, 0.1) is 5.41 Å². The molecule has 0 spiro atoms. The Morgan fingerprint density at radius 3 is 2.69 bits per heavy atom. The van der Waals surface area contributed by atoms with Crippen molar-refractivity contribution in [3.63, 3.8) is 0 Å². The highest BCUT2D eigenvalue weighted by atomic mass is 16.4. The lowest BCUT2D eigenvalue weighted by Crippen LogP contribution is -2.50. The van der Waals surface area contributed by atoms with E-state index in [1.807, 2.05) is 7.05 Å². The number of carbonyl (C=O) groups is 1. The number of carboxylic acids is 1. The van der Waals surface area contributed by atoms with Crippen LogP contribution in [-0.2, 0) is 4.79 Å². The summed E-state index contributed by atoms with van der Waals surface area (Å²) in [4.78, 5) is 13.7. The molecule has 1 saturated heterocycles. The zero-order valence-corrected chi connectivity index (χ0v) is 10.2. The fourth-order valence-electron chi connectivity index (χ4n) is 3.23. The monoisotopic (exact) mass is 226 g/mol. The van der Waals surface area contributed by atoms with Gasteiger partial charge in [-0.2, -0.15) is 0 Å². The van der Waals surface area contributed by atoms with Crippen LogP contribution in [-0.4, -0.2) is 49.2 Å². The molecule has 92 valence electrons. The summed E-state index contributed by atoms with van der Waals surface area (Å²) in [5.41, 5.74) is -0.461. The van der Waals surface area contributed by atoms with Crippen molar-refractivity contribution in [3.05, 3.63) is 0 Å². The molecule has 0 aromatic heterocycles. The molecule has 0 aromatic rings. The van der Waals surface area contributed by atoms with Crippen LogP contribution in [0.1, 0.15) is 25.7 Å². The Morgan fingerprint density at radius 2 is 2.25 bits per heavy atom. The maximum atomic E-state index is 11.4. The highest BCUT2D eigenvalue weighted by Crippen LogP contribution is 2.51. The first-order chi connectivity index (χ1) is 7.60. The molecule has 0 radical (unpaired) electrons. The van der Waals surface area contributed by atoms with Crippen LogP contribution < -0.4 is 5.32 Å². The molecule has 2 atom stereocenters. The minimum atomic E-state index is -0.611.